The van der Waals surface area contributed by atoms with Gasteiger partial charge in [0.15, 0.2) is 0 Å². The van der Waals surface area contributed by atoms with Crippen LogP contribution in [0.5, 0.6) is 0 Å². The predicted molar refractivity (Wildman–Crippen MR) is 95.8 cm³/mol. The fraction of sp³-hybridized carbons (Fsp3) is 0.200. The van der Waals surface area contributed by atoms with E-state index in [9.17, 15) is 5.11 Å². The average Bonchev–Trinajstić information content (AvgIpc) is 3.22. The zero-order valence-corrected chi connectivity index (χ0v) is 13.3. The fourth-order valence-corrected chi connectivity index (χ4v) is 3.32. The molecule has 2 aromatic heterocycles. The predicted octanol–water partition coefficient (Wildman–Crippen LogP) is 3.32. The molecular weight excluding hydrogens is 300 g/mol. The largest absolute Gasteiger partial charge is 0.469 e. The summed E-state index contributed by atoms with van der Waals surface area (Å²) in [6, 6.07) is 19.9. The van der Waals surface area contributed by atoms with Gasteiger partial charge in [-0.25, -0.2) is 0 Å². The summed E-state index contributed by atoms with van der Waals surface area (Å²) in [6.45, 7) is 0.454. The molecule has 2 atom stereocenters. The van der Waals surface area contributed by atoms with Gasteiger partial charge in [0.25, 0.3) is 0 Å². The number of aliphatic hydroxyl groups excluding tert-OH is 1. The molecule has 0 aliphatic heterocycles. The van der Waals surface area contributed by atoms with Crippen LogP contribution < -0.4 is 5.73 Å². The van der Waals surface area contributed by atoms with Gasteiger partial charge in [-0.15, -0.1) is 0 Å². The minimum Gasteiger partial charge on any atom is -0.469 e. The van der Waals surface area contributed by atoms with Gasteiger partial charge in [-0.2, -0.15) is 0 Å². The van der Waals surface area contributed by atoms with Crippen molar-refractivity contribution >= 4 is 21.8 Å². The molecule has 0 spiro atoms. The van der Waals surface area contributed by atoms with Crippen molar-refractivity contribution in [2.75, 3.05) is 0 Å². The summed E-state index contributed by atoms with van der Waals surface area (Å²) >= 11 is 0. The van der Waals surface area contributed by atoms with E-state index in [4.69, 9.17) is 10.2 Å². The second kappa shape index (κ2) is 6.15. The fourth-order valence-electron chi connectivity index (χ4n) is 3.32. The monoisotopic (exact) mass is 320 g/mol. The Morgan fingerprint density at radius 3 is 2.12 bits per heavy atom. The topological polar surface area (TPSA) is 64.3 Å². The van der Waals surface area contributed by atoms with Gasteiger partial charge in [-0.1, -0.05) is 36.4 Å². The SMILES string of the molecule is NC(Cc1ccco1)C(O)Cn1c2ccccc2c2ccccc21. The molecule has 0 fully saturated rings. The van der Waals surface area contributed by atoms with Gasteiger partial charge < -0.3 is 19.8 Å². The van der Waals surface area contributed by atoms with Crippen LogP contribution in [0.3, 0.4) is 0 Å². The van der Waals surface area contributed by atoms with Gasteiger partial charge in [-0.3, -0.25) is 0 Å². The number of fused-ring (bicyclic) bond motifs is 3. The van der Waals surface area contributed by atoms with Crippen molar-refractivity contribution in [2.45, 2.75) is 25.1 Å². The molecule has 4 nitrogen and oxygen atoms in total. The van der Waals surface area contributed by atoms with Crippen LogP contribution in [0.15, 0.2) is 71.3 Å². The van der Waals surface area contributed by atoms with Crippen LogP contribution in [0.4, 0.5) is 0 Å². The first-order valence-electron chi connectivity index (χ1n) is 8.16. The number of benzene rings is 2. The highest BCUT2D eigenvalue weighted by atomic mass is 16.3. The molecule has 2 heterocycles. The molecule has 3 N–H and O–H groups in total. The molecule has 0 saturated carbocycles. The van der Waals surface area contributed by atoms with Gasteiger partial charge >= 0.3 is 0 Å². The summed E-state index contributed by atoms with van der Waals surface area (Å²) in [4.78, 5) is 0. The molecule has 4 aromatic rings. The summed E-state index contributed by atoms with van der Waals surface area (Å²) in [5.41, 5.74) is 8.42. The van der Waals surface area contributed by atoms with Crippen LogP contribution >= 0.6 is 0 Å². The van der Waals surface area contributed by atoms with E-state index in [1.165, 1.54) is 10.8 Å². The number of hydrogen-bond donors (Lipinski definition) is 2. The van der Waals surface area contributed by atoms with Gasteiger partial charge in [0, 0.05) is 34.3 Å². The Bertz CT molecular complexity index is 903. The van der Waals surface area contributed by atoms with Crippen molar-refractivity contribution in [3.8, 4) is 0 Å². The molecule has 24 heavy (non-hydrogen) atoms. The van der Waals surface area contributed by atoms with E-state index in [-0.39, 0.29) is 6.04 Å². The van der Waals surface area contributed by atoms with Gasteiger partial charge in [0.1, 0.15) is 5.76 Å². The molecule has 122 valence electrons. The van der Waals surface area contributed by atoms with E-state index >= 15 is 0 Å². The first-order chi connectivity index (χ1) is 11.7. The second-order valence-electron chi connectivity index (χ2n) is 6.16. The van der Waals surface area contributed by atoms with Gasteiger partial charge in [-0.05, 0) is 24.3 Å². The number of aromatic nitrogens is 1. The highest BCUT2D eigenvalue weighted by Crippen LogP contribution is 2.29. The number of hydrogen-bond acceptors (Lipinski definition) is 3. The first-order valence-corrected chi connectivity index (χ1v) is 8.16. The molecule has 4 rings (SSSR count). The molecule has 0 saturated heterocycles. The summed E-state index contributed by atoms with van der Waals surface area (Å²) < 4.78 is 7.48. The minimum absolute atomic E-state index is 0.379. The van der Waals surface area contributed by atoms with Crippen molar-refractivity contribution < 1.29 is 9.52 Å². The molecule has 2 unspecified atom stereocenters. The van der Waals surface area contributed by atoms with Crippen molar-refractivity contribution in [3.05, 3.63) is 72.7 Å². The third-order valence-corrected chi connectivity index (χ3v) is 4.56. The van der Waals surface area contributed by atoms with Crippen molar-refractivity contribution in [1.29, 1.82) is 0 Å². The number of aliphatic hydroxyl groups is 1. The van der Waals surface area contributed by atoms with Crippen LogP contribution in [0, 0.1) is 0 Å². The Balaban J connectivity index is 1.68. The Hall–Kier alpha value is -2.56. The molecular formula is C20H20N2O2. The Kier molecular flexibility index (Phi) is 3.84. The highest BCUT2D eigenvalue weighted by Gasteiger charge is 2.19. The molecule has 4 heteroatoms. The average molecular weight is 320 g/mol. The number of rotatable bonds is 5. The summed E-state index contributed by atoms with van der Waals surface area (Å²) in [7, 11) is 0. The molecule has 0 amide bonds. The Morgan fingerprint density at radius 2 is 1.54 bits per heavy atom. The van der Waals surface area contributed by atoms with Crippen molar-refractivity contribution in [1.82, 2.24) is 4.57 Å². The summed E-state index contributed by atoms with van der Waals surface area (Å²) in [5.74, 6) is 0.795. The smallest absolute Gasteiger partial charge is 0.105 e. The number of furan rings is 1. The molecule has 0 aliphatic carbocycles. The highest BCUT2D eigenvalue weighted by molar-refractivity contribution is 6.07. The number of para-hydroxylation sites is 2. The maximum Gasteiger partial charge on any atom is 0.105 e. The lowest BCUT2D eigenvalue weighted by Gasteiger charge is -2.19. The summed E-state index contributed by atoms with van der Waals surface area (Å²) in [5, 5.41) is 13.0. The Morgan fingerprint density at radius 1 is 0.917 bits per heavy atom. The van der Waals surface area contributed by atoms with Crippen LogP contribution in [0.2, 0.25) is 0 Å². The van der Waals surface area contributed by atoms with Gasteiger partial charge in [0.05, 0.1) is 18.9 Å². The van der Waals surface area contributed by atoms with E-state index in [0.717, 1.165) is 16.8 Å². The third-order valence-electron chi connectivity index (χ3n) is 4.56. The first kappa shape index (κ1) is 15.0. The number of nitrogens with zero attached hydrogens (tertiary/aromatic N) is 1. The zero-order chi connectivity index (χ0) is 16.5. The maximum atomic E-state index is 10.6. The second-order valence-corrected chi connectivity index (χ2v) is 6.16. The van der Waals surface area contributed by atoms with Gasteiger partial charge in [0.2, 0.25) is 0 Å². The van der Waals surface area contributed by atoms with Crippen LogP contribution in [-0.4, -0.2) is 21.8 Å². The lowest BCUT2D eigenvalue weighted by atomic mass is 10.1. The zero-order valence-electron chi connectivity index (χ0n) is 13.3. The normalized spacial score (nSPS) is 14.2. The molecule has 0 aliphatic rings. The number of nitrogens with two attached hydrogens (primary N) is 1. The van der Waals surface area contributed by atoms with Crippen LogP contribution in [0.1, 0.15) is 5.76 Å². The van der Waals surface area contributed by atoms with Crippen LogP contribution in [-0.2, 0) is 13.0 Å². The summed E-state index contributed by atoms with van der Waals surface area (Å²) in [6.07, 6.45) is 1.49. The van der Waals surface area contributed by atoms with Crippen LogP contribution in [0.25, 0.3) is 21.8 Å². The lowest BCUT2D eigenvalue weighted by molar-refractivity contribution is 0.125. The molecule has 0 radical (unpaired) electrons. The van der Waals surface area contributed by atoms with Crippen molar-refractivity contribution in [2.24, 2.45) is 5.73 Å². The van der Waals surface area contributed by atoms with E-state index in [2.05, 4.69) is 28.8 Å². The minimum atomic E-state index is -0.658. The van der Waals surface area contributed by atoms with E-state index in [1.807, 2.05) is 36.4 Å². The quantitative estimate of drug-likeness (QED) is 0.593. The molecule has 0 bridgehead atoms. The Labute approximate surface area is 140 Å². The lowest BCUT2D eigenvalue weighted by Crippen LogP contribution is -2.39. The van der Waals surface area contributed by atoms with E-state index in [1.54, 1.807) is 6.26 Å². The van der Waals surface area contributed by atoms with Crippen molar-refractivity contribution in [3.63, 3.8) is 0 Å². The van der Waals surface area contributed by atoms with E-state index < -0.39 is 6.10 Å². The third kappa shape index (κ3) is 2.60. The molecule has 2 aromatic carbocycles. The standard InChI is InChI=1S/C20H20N2O2/c21-17(12-14-6-5-11-24-14)20(23)13-22-18-9-3-1-7-15(18)16-8-2-4-10-19(16)22/h1-11,17,20,23H,12-13,21H2. The maximum absolute atomic E-state index is 10.6. The van der Waals surface area contributed by atoms with E-state index in [0.29, 0.717) is 13.0 Å².